The highest BCUT2D eigenvalue weighted by Crippen LogP contribution is 2.29. The van der Waals surface area contributed by atoms with E-state index in [1.165, 1.54) is 0 Å². The summed E-state index contributed by atoms with van der Waals surface area (Å²) >= 11 is 6.42. The van der Waals surface area contributed by atoms with Crippen molar-refractivity contribution < 1.29 is 0 Å². The van der Waals surface area contributed by atoms with E-state index in [1.54, 1.807) is 10.8 Å². The monoisotopic (exact) mass is 333 g/mol. The molecule has 0 amide bonds. The zero-order valence-electron chi connectivity index (χ0n) is 12.8. The first-order chi connectivity index (χ1) is 11.7. The summed E-state index contributed by atoms with van der Waals surface area (Å²) in [6.07, 6.45) is 1.80. The Morgan fingerprint density at radius 3 is 2.58 bits per heavy atom. The number of benzene rings is 2. The van der Waals surface area contributed by atoms with Gasteiger partial charge in [-0.05, 0) is 31.2 Å². The van der Waals surface area contributed by atoms with E-state index in [-0.39, 0.29) is 0 Å². The van der Waals surface area contributed by atoms with Crippen molar-refractivity contribution in [2.75, 3.05) is 0 Å². The molecule has 0 fully saturated rings. The van der Waals surface area contributed by atoms with Crippen LogP contribution in [-0.4, -0.2) is 24.1 Å². The molecule has 3 aromatic heterocycles. The topological polar surface area (TPSA) is 48.0 Å². The van der Waals surface area contributed by atoms with Crippen LogP contribution in [0.3, 0.4) is 0 Å². The number of aryl methyl sites for hydroxylation is 1. The summed E-state index contributed by atoms with van der Waals surface area (Å²) in [5, 5.41) is 6.09. The Balaban J connectivity index is 1.98. The highest BCUT2D eigenvalue weighted by molar-refractivity contribution is 6.34. The van der Waals surface area contributed by atoms with Crippen LogP contribution in [-0.2, 0) is 0 Å². The highest BCUT2D eigenvalue weighted by Gasteiger charge is 2.16. The molecule has 0 radical (unpaired) electrons. The Kier molecular flexibility index (Phi) is 2.69. The maximum atomic E-state index is 6.42. The average Bonchev–Trinajstić information content (AvgIpc) is 3.16. The number of nitrogens with zero attached hydrogens (tertiary/aromatic N) is 5. The molecule has 5 aromatic rings. The minimum absolute atomic E-state index is 0.575. The molecule has 0 aliphatic carbocycles. The first kappa shape index (κ1) is 13.5. The average molecular weight is 334 g/mol. The predicted molar refractivity (Wildman–Crippen MR) is 94.9 cm³/mol. The van der Waals surface area contributed by atoms with E-state index in [2.05, 4.69) is 10.1 Å². The van der Waals surface area contributed by atoms with Gasteiger partial charge in [0.15, 0.2) is 5.65 Å². The quantitative estimate of drug-likeness (QED) is 0.462. The summed E-state index contributed by atoms with van der Waals surface area (Å²) in [6, 6.07) is 16.0. The number of fused-ring (bicyclic) bond motifs is 4. The summed E-state index contributed by atoms with van der Waals surface area (Å²) in [4.78, 5) is 9.28. The third-order valence-electron chi connectivity index (χ3n) is 4.23. The maximum Gasteiger partial charge on any atom is 0.176 e. The second kappa shape index (κ2) is 4.79. The largest absolute Gasteiger partial charge is 0.282 e. The van der Waals surface area contributed by atoms with Crippen LogP contribution < -0.4 is 0 Å². The van der Waals surface area contributed by atoms with Crippen LogP contribution in [0.2, 0.25) is 5.02 Å². The van der Waals surface area contributed by atoms with Gasteiger partial charge in [0, 0.05) is 5.39 Å². The summed E-state index contributed by atoms with van der Waals surface area (Å²) in [7, 11) is 0. The third-order valence-corrected chi connectivity index (χ3v) is 4.67. The Morgan fingerprint density at radius 1 is 0.958 bits per heavy atom. The van der Waals surface area contributed by atoms with E-state index < -0.39 is 0 Å². The number of aromatic nitrogens is 5. The van der Waals surface area contributed by atoms with E-state index in [1.807, 2.05) is 60.0 Å². The van der Waals surface area contributed by atoms with Crippen molar-refractivity contribution in [2.24, 2.45) is 0 Å². The van der Waals surface area contributed by atoms with Crippen LogP contribution in [0.1, 0.15) is 5.69 Å². The van der Waals surface area contributed by atoms with Crippen LogP contribution in [0, 0.1) is 6.92 Å². The molecule has 2 aromatic carbocycles. The van der Waals surface area contributed by atoms with Gasteiger partial charge in [-0.1, -0.05) is 35.9 Å². The molecule has 0 bridgehead atoms. The molecular formula is C18H12ClN5. The lowest BCUT2D eigenvalue weighted by Crippen LogP contribution is -2.02. The van der Waals surface area contributed by atoms with Crippen molar-refractivity contribution in [1.82, 2.24) is 24.1 Å². The van der Waals surface area contributed by atoms with Gasteiger partial charge >= 0.3 is 0 Å². The van der Waals surface area contributed by atoms with Gasteiger partial charge in [-0.15, -0.1) is 0 Å². The molecule has 5 rings (SSSR count). The van der Waals surface area contributed by atoms with Gasteiger partial charge < -0.3 is 0 Å². The van der Waals surface area contributed by atoms with Gasteiger partial charge in [-0.25, -0.2) is 14.5 Å². The van der Waals surface area contributed by atoms with Gasteiger partial charge in [0.1, 0.15) is 17.2 Å². The molecule has 116 valence electrons. The van der Waals surface area contributed by atoms with Crippen LogP contribution in [0.4, 0.5) is 0 Å². The maximum absolute atomic E-state index is 6.42. The molecule has 0 aliphatic rings. The van der Waals surface area contributed by atoms with E-state index in [9.17, 15) is 0 Å². The van der Waals surface area contributed by atoms with Crippen LogP contribution >= 0.6 is 11.6 Å². The molecule has 3 heterocycles. The minimum atomic E-state index is 0.575. The molecule has 0 saturated heterocycles. The Bertz CT molecular complexity index is 1230. The summed E-state index contributed by atoms with van der Waals surface area (Å²) in [5.41, 5.74) is 4.32. The molecule has 0 aliphatic heterocycles. The van der Waals surface area contributed by atoms with E-state index in [0.29, 0.717) is 10.7 Å². The molecule has 5 nitrogen and oxygen atoms in total. The van der Waals surface area contributed by atoms with Crippen molar-refractivity contribution >= 4 is 39.2 Å². The number of halogens is 1. The second-order valence-electron chi connectivity index (χ2n) is 5.69. The number of rotatable bonds is 1. The smallest absolute Gasteiger partial charge is 0.176 e. The summed E-state index contributed by atoms with van der Waals surface area (Å²) in [6.45, 7) is 1.89. The molecule has 0 unspecified atom stereocenters. The summed E-state index contributed by atoms with van der Waals surface area (Å²) in [5.74, 6) is 0.800. The zero-order chi connectivity index (χ0) is 16.3. The van der Waals surface area contributed by atoms with Gasteiger partial charge in [0.05, 0.1) is 22.2 Å². The van der Waals surface area contributed by atoms with Crippen molar-refractivity contribution in [3.63, 3.8) is 0 Å². The Morgan fingerprint density at radius 2 is 1.71 bits per heavy atom. The molecule has 0 spiro atoms. The lowest BCUT2D eigenvalue weighted by molar-refractivity contribution is 0.940. The van der Waals surface area contributed by atoms with E-state index in [0.717, 1.165) is 33.4 Å². The second-order valence-corrected chi connectivity index (χ2v) is 6.07. The fraction of sp³-hybridized carbons (Fsp3) is 0.0556. The Hall–Kier alpha value is -2.92. The van der Waals surface area contributed by atoms with Crippen molar-refractivity contribution in [3.05, 3.63) is 65.6 Å². The Labute approximate surface area is 142 Å². The molecule has 24 heavy (non-hydrogen) atoms. The van der Waals surface area contributed by atoms with Gasteiger partial charge in [0.25, 0.3) is 0 Å². The van der Waals surface area contributed by atoms with Crippen LogP contribution in [0.15, 0.2) is 54.9 Å². The van der Waals surface area contributed by atoms with Crippen molar-refractivity contribution in [3.8, 4) is 5.82 Å². The molecule has 0 N–H and O–H groups in total. The predicted octanol–water partition coefficient (Wildman–Crippen LogP) is 4.18. The van der Waals surface area contributed by atoms with E-state index in [4.69, 9.17) is 16.6 Å². The van der Waals surface area contributed by atoms with Gasteiger partial charge in [-0.2, -0.15) is 5.10 Å². The fourth-order valence-corrected chi connectivity index (χ4v) is 3.24. The zero-order valence-corrected chi connectivity index (χ0v) is 13.6. The lowest BCUT2D eigenvalue weighted by atomic mass is 10.2. The molecule has 0 saturated carbocycles. The fourth-order valence-electron chi connectivity index (χ4n) is 3.08. The first-order valence-corrected chi connectivity index (χ1v) is 7.98. The van der Waals surface area contributed by atoms with Crippen LogP contribution in [0.5, 0.6) is 0 Å². The first-order valence-electron chi connectivity index (χ1n) is 7.60. The standard InChI is InChI=1S/C18H12ClN5/c1-11-16(19)18-21-17(12-6-2-4-8-14(12)24(18)22-11)23-10-20-13-7-3-5-9-15(13)23/h2-10H,1H3. The lowest BCUT2D eigenvalue weighted by Gasteiger charge is -2.09. The number of hydrogen-bond donors (Lipinski definition) is 0. The SMILES string of the molecule is Cc1nn2c(nc(-n3cnc4ccccc43)c3ccccc32)c1Cl. The third kappa shape index (κ3) is 1.73. The normalized spacial score (nSPS) is 11.8. The van der Waals surface area contributed by atoms with Crippen molar-refractivity contribution in [2.45, 2.75) is 6.92 Å². The van der Waals surface area contributed by atoms with Gasteiger partial charge in [-0.3, -0.25) is 4.57 Å². The van der Waals surface area contributed by atoms with Gasteiger partial charge in [0.2, 0.25) is 0 Å². The number of hydrogen-bond acceptors (Lipinski definition) is 3. The molecule has 0 atom stereocenters. The molecular weight excluding hydrogens is 322 g/mol. The van der Waals surface area contributed by atoms with E-state index >= 15 is 0 Å². The number of para-hydroxylation sites is 3. The summed E-state index contributed by atoms with van der Waals surface area (Å²) < 4.78 is 3.80. The van der Waals surface area contributed by atoms with Crippen molar-refractivity contribution in [1.29, 1.82) is 0 Å². The minimum Gasteiger partial charge on any atom is -0.282 e. The van der Waals surface area contributed by atoms with Crippen LogP contribution in [0.25, 0.3) is 33.4 Å². The highest BCUT2D eigenvalue weighted by atomic mass is 35.5. The molecule has 6 heteroatoms. The number of imidazole rings is 1.